The summed E-state index contributed by atoms with van der Waals surface area (Å²) in [7, 11) is -2.29. The van der Waals surface area contributed by atoms with Gasteiger partial charge in [-0.15, -0.1) is 0 Å². The Morgan fingerprint density at radius 2 is 2.02 bits per heavy atom. The van der Waals surface area contributed by atoms with Gasteiger partial charge in [0, 0.05) is 48.5 Å². The van der Waals surface area contributed by atoms with E-state index in [-0.39, 0.29) is 35.3 Å². The highest BCUT2D eigenvalue weighted by molar-refractivity contribution is 7.90. The summed E-state index contributed by atoms with van der Waals surface area (Å²) in [6.07, 6.45) is 9.59. The first-order valence-electron chi connectivity index (χ1n) is 16.7. The normalized spacial score (nSPS) is 32.3. The number of nitrogens with one attached hydrogen (secondary N) is 1. The summed E-state index contributed by atoms with van der Waals surface area (Å²) >= 11 is 6.44. The summed E-state index contributed by atoms with van der Waals surface area (Å²) in [4.78, 5) is 15.8. The highest BCUT2D eigenvalue weighted by Crippen LogP contribution is 2.49. The molecule has 2 aromatic carbocycles. The van der Waals surface area contributed by atoms with Gasteiger partial charge in [0.1, 0.15) is 11.4 Å². The van der Waals surface area contributed by atoms with Crippen LogP contribution in [0.4, 0.5) is 5.69 Å². The van der Waals surface area contributed by atoms with Crippen molar-refractivity contribution in [3.8, 4) is 17.6 Å². The average molecular weight is 681 g/mol. The van der Waals surface area contributed by atoms with E-state index in [0.717, 1.165) is 42.8 Å². The quantitative estimate of drug-likeness (QED) is 0.312. The number of hydrogen-bond donors (Lipinski definition) is 2. The maximum atomic E-state index is 13.5. The number of anilines is 1. The van der Waals surface area contributed by atoms with E-state index in [4.69, 9.17) is 21.1 Å². The molecule has 6 rings (SSSR count). The molecule has 10 heteroatoms. The van der Waals surface area contributed by atoms with Crippen molar-refractivity contribution < 1.29 is 27.8 Å². The van der Waals surface area contributed by atoms with Gasteiger partial charge in [0.05, 0.1) is 24.2 Å². The first-order chi connectivity index (χ1) is 22.5. The van der Waals surface area contributed by atoms with E-state index in [2.05, 4.69) is 33.6 Å². The van der Waals surface area contributed by atoms with Crippen molar-refractivity contribution in [2.24, 2.45) is 17.8 Å². The lowest BCUT2D eigenvalue weighted by atomic mass is 9.64. The van der Waals surface area contributed by atoms with Crippen molar-refractivity contribution in [1.82, 2.24) is 4.72 Å². The van der Waals surface area contributed by atoms with Crippen molar-refractivity contribution >= 4 is 33.2 Å². The molecule has 1 saturated carbocycles. The topological polar surface area (TPSA) is 105 Å². The van der Waals surface area contributed by atoms with Gasteiger partial charge in [-0.1, -0.05) is 42.5 Å². The largest absolute Gasteiger partial charge is 0.490 e. The predicted molar refractivity (Wildman–Crippen MR) is 184 cm³/mol. The molecule has 2 N–H and O–H groups in total. The molecule has 8 nitrogen and oxygen atoms in total. The number of carbonyl (C=O) groups is 1. The monoisotopic (exact) mass is 680 g/mol. The highest BCUT2D eigenvalue weighted by Gasteiger charge is 2.48. The fourth-order valence-corrected chi connectivity index (χ4v) is 9.39. The Labute approximate surface area is 283 Å². The number of ether oxygens (including phenoxy) is 2. The molecule has 4 aliphatic rings. The second-order valence-corrected chi connectivity index (χ2v) is 16.3. The molecular formula is C37H45ClN2O6S. The maximum absolute atomic E-state index is 13.5. The van der Waals surface area contributed by atoms with Crippen molar-refractivity contribution in [1.29, 1.82) is 0 Å². The molecule has 0 saturated heterocycles. The van der Waals surface area contributed by atoms with E-state index in [1.807, 2.05) is 25.1 Å². The number of aliphatic hydroxyl groups is 1. The van der Waals surface area contributed by atoms with E-state index in [1.165, 1.54) is 11.1 Å². The summed E-state index contributed by atoms with van der Waals surface area (Å²) in [5, 5.41) is 9.40. The van der Waals surface area contributed by atoms with Crippen LogP contribution >= 0.6 is 11.6 Å². The standard InChI is InChI=1S/C37H45ClN2O6S/c1-25-8-6-18-37(45-3,17-4-5-19-41)32-13-10-29(32)22-40-23-36(16-7-9-27-20-30(38)12-14-31(27)36)24-46-34-15-11-28(21-33(34)40)35(42)39-47(43,44)26(25)2/h6,11-12,14-15,18,20-21,25-26,29,32,41H,5,7-10,13,16,19,22-24H2,1-3H3,(H,39,42)/b18-6+/t25-,26+,29-,32+,36-,37+/m0/s1. The van der Waals surface area contributed by atoms with Crippen LogP contribution in [-0.4, -0.2) is 63.7 Å². The molecule has 2 aliphatic carbocycles. The fraction of sp³-hybridized carbons (Fsp3) is 0.541. The van der Waals surface area contributed by atoms with E-state index in [1.54, 1.807) is 32.2 Å². The minimum absolute atomic E-state index is 0.0373. The molecule has 252 valence electrons. The second-order valence-electron chi connectivity index (χ2n) is 13.8. The lowest BCUT2D eigenvalue weighted by Crippen LogP contribution is -2.52. The highest BCUT2D eigenvalue weighted by atomic mass is 35.5. The van der Waals surface area contributed by atoms with Gasteiger partial charge >= 0.3 is 0 Å². The number of fused-ring (bicyclic) bond motifs is 4. The van der Waals surface area contributed by atoms with Gasteiger partial charge in [-0.3, -0.25) is 4.79 Å². The number of allylic oxidation sites excluding steroid dienone is 1. The number of rotatable bonds is 2. The average Bonchev–Trinajstić information content (AvgIpc) is 3.18. The molecule has 2 aliphatic heterocycles. The number of benzene rings is 2. The van der Waals surface area contributed by atoms with Crippen LogP contribution in [0.2, 0.25) is 5.02 Å². The number of sulfonamides is 1. The third-order valence-corrected chi connectivity index (χ3v) is 13.1. The maximum Gasteiger partial charge on any atom is 0.264 e. The Morgan fingerprint density at radius 3 is 2.77 bits per heavy atom. The minimum atomic E-state index is -3.97. The molecule has 1 amide bonds. The zero-order valence-corrected chi connectivity index (χ0v) is 29.0. The zero-order valence-electron chi connectivity index (χ0n) is 27.4. The van der Waals surface area contributed by atoms with Crippen molar-refractivity contribution in [3.05, 3.63) is 70.3 Å². The first kappa shape index (κ1) is 33.9. The third kappa shape index (κ3) is 6.55. The smallest absolute Gasteiger partial charge is 0.264 e. The summed E-state index contributed by atoms with van der Waals surface area (Å²) in [5.74, 6) is 6.54. The zero-order chi connectivity index (χ0) is 33.4. The molecule has 6 atom stereocenters. The van der Waals surface area contributed by atoms with E-state index in [9.17, 15) is 18.3 Å². The van der Waals surface area contributed by atoms with Gasteiger partial charge in [0.2, 0.25) is 10.0 Å². The van der Waals surface area contributed by atoms with Crippen molar-refractivity contribution in [2.75, 3.05) is 38.3 Å². The number of amides is 1. The number of aryl methyl sites for hydroxylation is 1. The van der Waals surface area contributed by atoms with Crippen LogP contribution in [0.25, 0.3) is 0 Å². The van der Waals surface area contributed by atoms with E-state index >= 15 is 0 Å². The molecule has 2 heterocycles. The first-order valence-corrected chi connectivity index (χ1v) is 18.6. The Hall–Kier alpha value is -3.03. The predicted octanol–water partition coefficient (Wildman–Crippen LogP) is 5.65. The molecule has 0 aromatic heterocycles. The Bertz CT molecular complexity index is 1720. The molecule has 1 spiro atoms. The summed E-state index contributed by atoms with van der Waals surface area (Å²) < 4.78 is 42.0. The number of nitrogens with zero attached hydrogens (tertiary/aromatic N) is 1. The lowest BCUT2D eigenvalue weighted by Gasteiger charge is -2.48. The van der Waals surface area contributed by atoms with Crippen LogP contribution in [0.15, 0.2) is 48.6 Å². The Balaban J connectivity index is 1.47. The van der Waals surface area contributed by atoms with Crippen molar-refractivity contribution in [2.45, 2.75) is 75.1 Å². The van der Waals surface area contributed by atoms with Crippen LogP contribution in [0.5, 0.6) is 5.75 Å². The SMILES string of the molecule is CO[C@]1(C#CCCO)/C=C/C[C@H](C)[C@@H](C)S(=O)(=O)NC(=O)c2ccc3c(c2)N(C[C@@H]2CC[C@H]21)C[C@@]1(CCCc2cc(Cl)ccc21)CO3. The summed E-state index contributed by atoms with van der Waals surface area (Å²) in [5.41, 5.74) is 2.35. The Kier molecular flexibility index (Phi) is 9.70. The van der Waals surface area contributed by atoms with Gasteiger partial charge in [-0.25, -0.2) is 13.1 Å². The molecule has 0 unspecified atom stereocenters. The van der Waals surface area contributed by atoms with Gasteiger partial charge in [0.25, 0.3) is 5.91 Å². The molecule has 2 aromatic rings. The molecule has 1 fully saturated rings. The van der Waals surface area contributed by atoms with Gasteiger partial charge in [-0.05, 0) is 105 Å². The third-order valence-electron chi connectivity index (χ3n) is 11.0. The van der Waals surface area contributed by atoms with Crippen LogP contribution in [0, 0.1) is 29.6 Å². The number of aliphatic hydroxyl groups excluding tert-OH is 1. The molecule has 2 bridgehead atoms. The molecule has 47 heavy (non-hydrogen) atoms. The fourth-order valence-electron chi connectivity index (χ4n) is 7.91. The van der Waals surface area contributed by atoms with Crippen LogP contribution < -0.4 is 14.4 Å². The number of carbonyl (C=O) groups excluding carboxylic acids is 1. The van der Waals surface area contributed by atoms with E-state index < -0.39 is 26.8 Å². The van der Waals surface area contributed by atoms with Gasteiger partial charge < -0.3 is 19.5 Å². The summed E-state index contributed by atoms with van der Waals surface area (Å²) in [6.45, 7) is 5.29. The number of methoxy groups -OCH3 is 1. The summed E-state index contributed by atoms with van der Waals surface area (Å²) in [6, 6.07) is 11.4. The number of halogens is 1. The molecular weight excluding hydrogens is 636 g/mol. The van der Waals surface area contributed by atoms with Crippen molar-refractivity contribution in [3.63, 3.8) is 0 Å². The van der Waals surface area contributed by atoms with Crippen LogP contribution in [0.1, 0.15) is 73.9 Å². The van der Waals surface area contributed by atoms with Gasteiger partial charge in [-0.2, -0.15) is 0 Å². The molecule has 0 radical (unpaired) electrons. The lowest BCUT2D eigenvalue weighted by molar-refractivity contribution is -0.0351. The van der Waals surface area contributed by atoms with Gasteiger partial charge in [0.15, 0.2) is 0 Å². The second kappa shape index (κ2) is 13.5. The Morgan fingerprint density at radius 1 is 1.19 bits per heavy atom. The number of hydrogen-bond acceptors (Lipinski definition) is 7. The van der Waals surface area contributed by atoms with E-state index in [0.29, 0.717) is 38.3 Å². The van der Waals surface area contributed by atoms with Crippen LogP contribution in [-0.2, 0) is 26.6 Å². The minimum Gasteiger partial charge on any atom is -0.490 e. The van der Waals surface area contributed by atoms with Crippen LogP contribution in [0.3, 0.4) is 0 Å².